The molecule has 0 aromatic carbocycles. The second kappa shape index (κ2) is 4.31. The second-order valence-corrected chi connectivity index (χ2v) is 3.26. The van der Waals surface area contributed by atoms with Crippen molar-refractivity contribution in [3.05, 3.63) is 22.9 Å². The molecule has 2 heteroatoms. The Morgan fingerprint density at radius 2 is 2.33 bits per heavy atom. The van der Waals surface area contributed by atoms with E-state index in [4.69, 9.17) is 5.73 Å². The highest BCUT2D eigenvalue weighted by molar-refractivity contribution is 5.33. The summed E-state index contributed by atoms with van der Waals surface area (Å²) in [4.78, 5) is 0. The number of nitrogens with one attached hydrogen (secondary N) is 1. The smallest absolute Gasteiger partial charge is 0.0375 e. The molecule has 0 amide bonds. The van der Waals surface area contributed by atoms with Gasteiger partial charge in [0.2, 0.25) is 0 Å². The molecule has 0 spiro atoms. The third-order valence-corrected chi connectivity index (χ3v) is 2.19. The van der Waals surface area contributed by atoms with Crippen LogP contribution >= 0.6 is 0 Å². The van der Waals surface area contributed by atoms with Crippen LogP contribution in [0, 0.1) is 0 Å². The Kier molecular flexibility index (Phi) is 3.35. The fourth-order valence-corrected chi connectivity index (χ4v) is 1.50. The van der Waals surface area contributed by atoms with Crippen molar-refractivity contribution in [1.82, 2.24) is 5.32 Å². The molecular formula is C10H18N2. The lowest BCUT2D eigenvalue weighted by atomic mass is 10.00. The first-order valence-electron chi connectivity index (χ1n) is 4.61. The van der Waals surface area contributed by atoms with Crippen LogP contribution in [-0.2, 0) is 0 Å². The van der Waals surface area contributed by atoms with Gasteiger partial charge in [-0.1, -0.05) is 13.3 Å². The van der Waals surface area contributed by atoms with Gasteiger partial charge in [-0.3, -0.25) is 0 Å². The van der Waals surface area contributed by atoms with E-state index in [9.17, 15) is 0 Å². The van der Waals surface area contributed by atoms with Crippen molar-refractivity contribution in [1.29, 1.82) is 0 Å². The Bertz CT molecular complexity index is 214. The highest BCUT2D eigenvalue weighted by atomic mass is 14.9. The Morgan fingerprint density at radius 3 is 2.92 bits per heavy atom. The first-order chi connectivity index (χ1) is 5.77. The van der Waals surface area contributed by atoms with Gasteiger partial charge >= 0.3 is 0 Å². The molecule has 0 unspecified atom stereocenters. The molecule has 1 aliphatic rings. The zero-order chi connectivity index (χ0) is 8.97. The van der Waals surface area contributed by atoms with E-state index in [1.165, 1.54) is 23.3 Å². The summed E-state index contributed by atoms with van der Waals surface area (Å²) in [6, 6.07) is 0. The molecule has 0 fully saturated rings. The lowest BCUT2D eigenvalue weighted by molar-refractivity contribution is 0.788. The average Bonchev–Trinajstić information content (AvgIpc) is 2.05. The van der Waals surface area contributed by atoms with Gasteiger partial charge in [0, 0.05) is 18.8 Å². The summed E-state index contributed by atoms with van der Waals surface area (Å²) < 4.78 is 0. The van der Waals surface area contributed by atoms with Crippen LogP contribution < -0.4 is 11.1 Å². The third-order valence-electron chi connectivity index (χ3n) is 2.19. The summed E-state index contributed by atoms with van der Waals surface area (Å²) in [5.41, 5.74) is 9.71. The molecule has 0 saturated heterocycles. The quantitative estimate of drug-likeness (QED) is 0.667. The monoisotopic (exact) mass is 166 g/mol. The van der Waals surface area contributed by atoms with E-state index in [0.29, 0.717) is 6.54 Å². The third kappa shape index (κ3) is 2.11. The second-order valence-electron chi connectivity index (χ2n) is 3.26. The molecule has 12 heavy (non-hydrogen) atoms. The van der Waals surface area contributed by atoms with E-state index in [0.717, 1.165) is 13.0 Å². The summed E-state index contributed by atoms with van der Waals surface area (Å²) in [5, 5.41) is 3.29. The molecule has 2 nitrogen and oxygen atoms in total. The van der Waals surface area contributed by atoms with Crippen molar-refractivity contribution in [2.75, 3.05) is 13.1 Å². The molecule has 0 aromatic rings. The Hall–Kier alpha value is -0.760. The van der Waals surface area contributed by atoms with Crippen LogP contribution in [0.5, 0.6) is 0 Å². The van der Waals surface area contributed by atoms with E-state index >= 15 is 0 Å². The molecule has 0 radical (unpaired) electrons. The minimum Gasteiger partial charge on any atom is -0.385 e. The van der Waals surface area contributed by atoms with Crippen LogP contribution in [0.1, 0.15) is 26.7 Å². The highest BCUT2D eigenvalue weighted by Gasteiger charge is 2.07. The van der Waals surface area contributed by atoms with Gasteiger partial charge < -0.3 is 11.1 Å². The van der Waals surface area contributed by atoms with Gasteiger partial charge in [-0.2, -0.15) is 0 Å². The summed E-state index contributed by atoms with van der Waals surface area (Å²) in [6.07, 6.45) is 4.57. The van der Waals surface area contributed by atoms with Crippen molar-refractivity contribution in [2.45, 2.75) is 26.7 Å². The number of rotatable bonds is 3. The van der Waals surface area contributed by atoms with E-state index in [1.54, 1.807) is 0 Å². The van der Waals surface area contributed by atoms with Crippen molar-refractivity contribution in [2.24, 2.45) is 5.73 Å². The van der Waals surface area contributed by atoms with Gasteiger partial charge in [-0.25, -0.2) is 0 Å². The SMILES string of the molecule is CCCC1=C(CN)CNC(C)=C1. The van der Waals surface area contributed by atoms with Crippen molar-refractivity contribution in [3.63, 3.8) is 0 Å². The molecule has 68 valence electrons. The molecule has 3 N–H and O–H groups in total. The van der Waals surface area contributed by atoms with E-state index in [-0.39, 0.29) is 0 Å². The van der Waals surface area contributed by atoms with Gasteiger partial charge in [0.05, 0.1) is 0 Å². The normalized spacial score (nSPS) is 17.4. The van der Waals surface area contributed by atoms with Crippen molar-refractivity contribution < 1.29 is 0 Å². The fraction of sp³-hybridized carbons (Fsp3) is 0.600. The lowest BCUT2D eigenvalue weighted by Gasteiger charge is -2.19. The predicted octanol–water partition coefficient (Wildman–Crippen LogP) is 1.55. The highest BCUT2D eigenvalue weighted by Crippen LogP contribution is 2.16. The lowest BCUT2D eigenvalue weighted by Crippen LogP contribution is -2.24. The summed E-state index contributed by atoms with van der Waals surface area (Å²) in [6.45, 7) is 5.93. The maximum Gasteiger partial charge on any atom is 0.0375 e. The van der Waals surface area contributed by atoms with Gasteiger partial charge in [-0.15, -0.1) is 0 Å². The average molecular weight is 166 g/mol. The number of allylic oxidation sites excluding steroid dienone is 3. The van der Waals surface area contributed by atoms with E-state index in [2.05, 4.69) is 25.2 Å². The van der Waals surface area contributed by atoms with Gasteiger partial charge in [0.25, 0.3) is 0 Å². The first kappa shape index (κ1) is 9.33. The molecule has 0 aliphatic carbocycles. The summed E-state index contributed by atoms with van der Waals surface area (Å²) in [5.74, 6) is 0. The van der Waals surface area contributed by atoms with Crippen molar-refractivity contribution in [3.8, 4) is 0 Å². The summed E-state index contributed by atoms with van der Waals surface area (Å²) in [7, 11) is 0. The van der Waals surface area contributed by atoms with Crippen LogP contribution in [0.25, 0.3) is 0 Å². The molecule has 1 heterocycles. The zero-order valence-electron chi connectivity index (χ0n) is 7.98. The Balaban J connectivity index is 2.77. The number of nitrogens with two attached hydrogens (primary N) is 1. The van der Waals surface area contributed by atoms with Crippen LogP contribution in [0.15, 0.2) is 22.9 Å². The largest absolute Gasteiger partial charge is 0.385 e. The first-order valence-corrected chi connectivity index (χ1v) is 4.61. The molecule has 0 saturated carbocycles. The Morgan fingerprint density at radius 1 is 1.58 bits per heavy atom. The van der Waals surface area contributed by atoms with Gasteiger partial charge in [0.1, 0.15) is 0 Å². The van der Waals surface area contributed by atoms with E-state index in [1.807, 2.05) is 0 Å². The minimum absolute atomic E-state index is 0.687. The standard InChI is InChI=1S/C10H18N2/c1-3-4-9-5-8(2)12-7-10(9)6-11/h5,12H,3-4,6-7,11H2,1-2H3. The maximum atomic E-state index is 5.64. The molecule has 1 aliphatic heterocycles. The van der Waals surface area contributed by atoms with Crippen LogP contribution in [0.3, 0.4) is 0 Å². The molecule has 1 rings (SSSR count). The Labute approximate surface area is 74.5 Å². The van der Waals surface area contributed by atoms with Gasteiger partial charge in [-0.05, 0) is 30.6 Å². The maximum absolute atomic E-state index is 5.64. The number of hydrogen-bond donors (Lipinski definition) is 2. The van der Waals surface area contributed by atoms with Crippen molar-refractivity contribution >= 4 is 0 Å². The molecular weight excluding hydrogens is 148 g/mol. The molecule has 0 aromatic heterocycles. The van der Waals surface area contributed by atoms with Crippen LogP contribution in [0.2, 0.25) is 0 Å². The van der Waals surface area contributed by atoms with Crippen LogP contribution in [0.4, 0.5) is 0 Å². The van der Waals surface area contributed by atoms with E-state index < -0.39 is 0 Å². The molecule has 0 bridgehead atoms. The number of hydrogen-bond acceptors (Lipinski definition) is 2. The minimum atomic E-state index is 0.687. The summed E-state index contributed by atoms with van der Waals surface area (Å²) >= 11 is 0. The molecule has 0 atom stereocenters. The van der Waals surface area contributed by atoms with Gasteiger partial charge in [0.15, 0.2) is 0 Å². The number of dihydropyridines is 1. The zero-order valence-corrected chi connectivity index (χ0v) is 7.98. The topological polar surface area (TPSA) is 38.0 Å². The fourth-order valence-electron chi connectivity index (χ4n) is 1.50. The van der Waals surface area contributed by atoms with Crippen LogP contribution in [-0.4, -0.2) is 13.1 Å². The predicted molar refractivity (Wildman–Crippen MR) is 52.7 cm³/mol.